The van der Waals surface area contributed by atoms with Crippen LogP contribution in [0.15, 0.2) is 12.2 Å². The van der Waals surface area contributed by atoms with Crippen LogP contribution < -0.4 is 15.4 Å². The molecule has 2 heterocycles. The summed E-state index contributed by atoms with van der Waals surface area (Å²) in [5.74, 6) is -2.18. The van der Waals surface area contributed by atoms with E-state index in [2.05, 4.69) is 15.4 Å². The third kappa shape index (κ3) is 6.87. The number of carbonyl (C=O) groups excluding carboxylic acids is 4. The summed E-state index contributed by atoms with van der Waals surface area (Å²) >= 11 is 0. The number of nitrogens with one attached hydrogen (secondary N) is 3. The van der Waals surface area contributed by atoms with E-state index in [9.17, 15) is 27.6 Å². The van der Waals surface area contributed by atoms with E-state index in [0.717, 1.165) is 0 Å². The van der Waals surface area contributed by atoms with E-state index >= 15 is 0 Å². The Labute approximate surface area is 242 Å². The van der Waals surface area contributed by atoms with Crippen LogP contribution >= 0.6 is 0 Å². The number of alkyl carbamates (subject to hydrolysis) is 1. The van der Waals surface area contributed by atoms with Crippen LogP contribution in [0.4, 0.5) is 4.79 Å². The van der Waals surface area contributed by atoms with Gasteiger partial charge in [0, 0.05) is 12.5 Å². The van der Waals surface area contributed by atoms with E-state index in [1.165, 1.54) is 4.90 Å². The summed E-state index contributed by atoms with van der Waals surface area (Å²) in [6.07, 6.45) is 5.27. The van der Waals surface area contributed by atoms with Crippen molar-refractivity contribution < 1.29 is 37.1 Å². The lowest BCUT2D eigenvalue weighted by molar-refractivity contribution is -0.144. The number of hydrogen-bond acceptors (Lipinski definition) is 8. The van der Waals surface area contributed by atoms with E-state index in [0.29, 0.717) is 38.5 Å². The summed E-state index contributed by atoms with van der Waals surface area (Å²) in [5.41, 5.74) is -2.21. The molecule has 13 heteroatoms. The molecular formula is C28H44N4O8S. The maximum absolute atomic E-state index is 13.9. The molecule has 6 atom stereocenters. The zero-order valence-corrected chi connectivity index (χ0v) is 25.6. The smallest absolute Gasteiger partial charge is 0.408 e. The first-order chi connectivity index (χ1) is 19.0. The molecule has 12 nitrogen and oxygen atoms in total. The monoisotopic (exact) mass is 596 g/mol. The third-order valence-corrected chi connectivity index (χ3v) is 10.6. The third-order valence-electron chi connectivity index (χ3n) is 8.40. The molecule has 0 aromatic rings. The molecule has 0 aromatic carbocycles. The molecule has 3 N–H and O–H groups in total. The first-order valence-corrected chi connectivity index (χ1v) is 16.0. The van der Waals surface area contributed by atoms with Gasteiger partial charge in [-0.15, -0.1) is 0 Å². The van der Waals surface area contributed by atoms with Gasteiger partial charge in [0.1, 0.15) is 23.2 Å². The number of hydrogen-bond donors (Lipinski definition) is 3. The van der Waals surface area contributed by atoms with Crippen molar-refractivity contribution in [2.45, 2.75) is 127 Å². The van der Waals surface area contributed by atoms with Gasteiger partial charge in [-0.3, -0.25) is 19.1 Å². The number of rotatable bonds is 4. The van der Waals surface area contributed by atoms with Gasteiger partial charge >= 0.3 is 6.09 Å². The minimum Gasteiger partial charge on any atom is -0.444 e. The van der Waals surface area contributed by atoms with Crippen LogP contribution in [-0.4, -0.2) is 83.9 Å². The van der Waals surface area contributed by atoms with Crippen LogP contribution in [0, 0.1) is 5.92 Å². The number of carbonyl (C=O) groups is 4. The average Bonchev–Trinajstić information content (AvgIpc) is 3.71. The second-order valence-electron chi connectivity index (χ2n) is 13.1. The standard InChI is InChI=1S/C28H44N4O8S/c1-17-10-7-8-11-19-16-28(19,24(35)31-41(37,38)27(6)13-14-27)30-22(33)20-12-9-15-32(20)23(34)21(18(2)39-17)29-25(36)40-26(3,4)5/h8,11,17-21H,7,9-10,12-16H2,1-6H3,(H,29,36)(H,30,33)(H,31,35)/b11-8-/t17-,18+,19-,20+,21?,28-/m1/s1. The number of allylic oxidation sites excluding steroid dienone is 1. The molecule has 4 aliphatic rings. The van der Waals surface area contributed by atoms with Gasteiger partial charge in [-0.25, -0.2) is 13.2 Å². The van der Waals surface area contributed by atoms with Crippen LogP contribution in [0.3, 0.4) is 0 Å². The van der Waals surface area contributed by atoms with Gasteiger partial charge in [-0.2, -0.15) is 0 Å². The van der Waals surface area contributed by atoms with Crippen LogP contribution in [-0.2, 0) is 33.9 Å². The van der Waals surface area contributed by atoms with Gasteiger partial charge in [0.05, 0.1) is 17.0 Å². The molecule has 4 rings (SSSR count). The van der Waals surface area contributed by atoms with Gasteiger partial charge in [0.2, 0.25) is 21.8 Å². The lowest BCUT2D eigenvalue weighted by Crippen LogP contribution is -2.60. The molecule has 0 aromatic heterocycles. The van der Waals surface area contributed by atoms with Crippen molar-refractivity contribution in [3.05, 3.63) is 12.2 Å². The van der Waals surface area contributed by atoms with Gasteiger partial charge in [0.25, 0.3) is 5.91 Å². The van der Waals surface area contributed by atoms with Crippen molar-refractivity contribution in [3.63, 3.8) is 0 Å². The van der Waals surface area contributed by atoms with E-state index in [1.54, 1.807) is 34.6 Å². The summed E-state index contributed by atoms with van der Waals surface area (Å²) in [5, 5.41) is 5.48. The first-order valence-electron chi connectivity index (χ1n) is 14.5. The largest absolute Gasteiger partial charge is 0.444 e. The molecule has 0 bridgehead atoms. The zero-order valence-electron chi connectivity index (χ0n) is 24.8. The molecule has 1 saturated heterocycles. The Morgan fingerprint density at radius 2 is 1.85 bits per heavy atom. The quantitative estimate of drug-likeness (QED) is 0.415. The molecule has 0 radical (unpaired) electrons. The highest BCUT2D eigenvalue weighted by Gasteiger charge is 2.63. The van der Waals surface area contributed by atoms with Crippen LogP contribution in [0.1, 0.15) is 86.5 Å². The summed E-state index contributed by atoms with van der Waals surface area (Å²) in [4.78, 5) is 55.0. The number of ether oxygens (including phenoxy) is 2. The van der Waals surface area contributed by atoms with E-state index in [1.807, 2.05) is 19.1 Å². The molecule has 4 amide bonds. The van der Waals surface area contributed by atoms with Crippen molar-refractivity contribution in [1.82, 2.24) is 20.3 Å². The Morgan fingerprint density at radius 1 is 1.17 bits per heavy atom. The second-order valence-corrected chi connectivity index (χ2v) is 15.3. The van der Waals surface area contributed by atoms with Crippen LogP contribution in [0.25, 0.3) is 0 Å². The summed E-state index contributed by atoms with van der Waals surface area (Å²) in [6.45, 7) is 10.6. The SMILES string of the molecule is C[C@@H]1CC/C=C\[C@@H]2C[C@@]2(C(=O)NS(=O)(=O)C2(C)CC2)NC(=O)[C@@H]2CCCN2C(=O)C(NC(=O)OC(C)(C)C)[C@H](C)O1. The van der Waals surface area contributed by atoms with Crippen molar-refractivity contribution in [3.8, 4) is 0 Å². The Balaban J connectivity index is 1.60. The maximum Gasteiger partial charge on any atom is 0.408 e. The highest BCUT2D eigenvalue weighted by atomic mass is 32.2. The van der Waals surface area contributed by atoms with Gasteiger partial charge in [-0.05, 0) is 86.5 Å². The fourth-order valence-corrected chi connectivity index (χ4v) is 6.78. The molecule has 2 aliphatic heterocycles. The average molecular weight is 597 g/mol. The van der Waals surface area contributed by atoms with Crippen molar-refractivity contribution >= 4 is 33.8 Å². The van der Waals surface area contributed by atoms with E-state index < -0.39 is 67.9 Å². The van der Waals surface area contributed by atoms with Gasteiger partial charge in [0.15, 0.2) is 0 Å². The summed E-state index contributed by atoms with van der Waals surface area (Å²) in [7, 11) is -3.91. The molecule has 0 spiro atoms. The lowest BCUT2D eigenvalue weighted by atomic mass is 10.1. The fraction of sp³-hybridized carbons (Fsp3) is 0.786. The number of nitrogens with zero attached hydrogens (tertiary/aromatic N) is 1. The van der Waals surface area contributed by atoms with Crippen molar-refractivity contribution in [2.75, 3.05) is 6.54 Å². The fourth-order valence-electron chi connectivity index (χ4n) is 5.47. The summed E-state index contributed by atoms with van der Waals surface area (Å²) < 4.78 is 38.4. The second kappa shape index (κ2) is 11.2. The minimum atomic E-state index is -3.91. The van der Waals surface area contributed by atoms with E-state index in [-0.39, 0.29) is 25.0 Å². The Hall–Kier alpha value is -2.67. The predicted octanol–water partition coefficient (Wildman–Crippen LogP) is 1.89. The predicted molar refractivity (Wildman–Crippen MR) is 150 cm³/mol. The Morgan fingerprint density at radius 3 is 2.49 bits per heavy atom. The topological polar surface area (TPSA) is 160 Å². The minimum absolute atomic E-state index is 0.250. The van der Waals surface area contributed by atoms with Crippen LogP contribution in [0.2, 0.25) is 0 Å². The van der Waals surface area contributed by atoms with E-state index in [4.69, 9.17) is 9.47 Å². The highest BCUT2D eigenvalue weighted by Crippen LogP contribution is 2.47. The zero-order chi connectivity index (χ0) is 30.4. The lowest BCUT2D eigenvalue weighted by Gasteiger charge is -2.33. The Bertz CT molecular complexity index is 1210. The normalized spacial score (nSPS) is 34.6. The number of fused-ring (bicyclic) bond motifs is 2. The van der Waals surface area contributed by atoms with Gasteiger partial charge in [-0.1, -0.05) is 12.2 Å². The number of sulfonamides is 1. The summed E-state index contributed by atoms with van der Waals surface area (Å²) in [6, 6.07) is -2.01. The first kappa shape index (κ1) is 31.3. The number of amides is 4. The van der Waals surface area contributed by atoms with Gasteiger partial charge < -0.3 is 25.0 Å². The molecule has 3 fully saturated rings. The molecule has 2 saturated carbocycles. The molecule has 41 heavy (non-hydrogen) atoms. The Kier molecular flexibility index (Phi) is 8.54. The van der Waals surface area contributed by atoms with Crippen molar-refractivity contribution in [2.24, 2.45) is 5.92 Å². The maximum atomic E-state index is 13.9. The molecular weight excluding hydrogens is 552 g/mol. The highest BCUT2D eigenvalue weighted by molar-refractivity contribution is 7.91. The van der Waals surface area contributed by atoms with Crippen LogP contribution in [0.5, 0.6) is 0 Å². The van der Waals surface area contributed by atoms with Crippen molar-refractivity contribution in [1.29, 1.82) is 0 Å². The molecule has 2 aliphatic carbocycles. The molecule has 230 valence electrons. The molecule has 1 unspecified atom stereocenters.